The molecule has 0 saturated heterocycles. The van der Waals surface area contributed by atoms with E-state index in [1.165, 1.54) is 44.8 Å². The second-order valence-corrected chi connectivity index (χ2v) is 13.8. The Balaban J connectivity index is 1.16. The third kappa shape index (κ3) is 3.18. The number of hydrogen-bond acceptors (Lipinski definition) is 4. The SMILES string of the molecule is CC1(C)c2cc(-c3ccc4c(c3)C(C)(C)c3cccc5c3N4c3ccccc3O5)ccc2N2c3ccccc3Oc3cccc1c32. The Morgan fingerprint density at radius 2 is 0.804 bits per heavy atom. The van der Waals surface area contributed by atoms with E-state index in [0.717, 1.165) is 45.7 Å². The molecular weight excluding hydrogens is 564 g/mol. The summed E-state index contributed by atoms with van der Waals surface area (Å²) in [5.41, 5.74) is 14.0. The Bertz CT molecular complexity index is 2140. The number of rotatable bonds is 1. The van der Waals surface area contributed by atoms with E-state index in [0.29, 0.717) is 0 Å². The Labute approximate surface area is 269 Å². The lowest BCUT2D eigenvalue weighted by atomic mass is 9.71. The van der Waals surface area contributed by atoms with Gasteiger partial charge in [0.2, 0.25) is 0 Å². The predicted molar refractivity (Wildman–Crippen MR) is 186 cm³/mol. The van der Waals surface area contributed by atoms with Gasteiger partial charge in [0.1, 0.15) is 0 Å². The second-order valence-electron chi connectivity index (χ2n) is 13.8. The molecule has 10 rings (SSSR count). The predicted octanol–water partition coefficient (Wildman–Crippen LogP) is 11.8. The highest BCUT2D eigenvalue weighted by molar-refractivity contribution is 5.96. The lowest BCUT2D eigenvalue weighted by molar-refractivity contribution is 0.471. The molecule has 4 aliphatic rings. The van der Waals surface area contributed by atoms with E-state index in [9.17, 15) is 0 Å². The first-order valence-electron chi connectivity index (χ1n) is 16.0. The van der Waals surface area contributed by atoms with Gasteiger partial charge in [0, 0.05) is 10.8 Å². The van der Waals surface area contributed by atoms with Crippen molar-refractivity contribution in [3.63, 3.8) is 0 Å². The zero-order valence-corrected chi connectivity index (χ0v) is 26.3. The average Bonchev–Trinajstić information content (AvgIpc) is 3.08. The molecule has 0 aliphatic carbocycles. The molecular formula is C42H32N2O2. The fourth-order valence-corrected chi connectivity index (χ4v) is 8.23. The van der Waals surface area contributed by atoms with Crippen LogP contribution in [-0.4, -0.2) is 0 Å². The number of benzene rings is 6. The molecule has 4 heterocycles. The van der Waals surface area contributed by atoms with Crippen LogP contribution in [-0.2, 0) is 10.8 Å². The van der Waals surface area contributed by atoms with Gasteiger partial charge in [-0.15, -0.1) is 0 Å². The monoisotopic (exact) mass is 596 g/mol. The molecule has 6 aromatic carbocycles. The Morgan fingerprint density at radius 1 is 0.391 bits per heavy atom. The van der Waals surface area contributed by atoms with Crippen molar-refractivity contribution < 1.29 is 9.47 Å². The smallest absolute Gasteiger partial charge is 0.151 e. The fraction of sp³-hybridized carbons (Fsp3) is 0.143. The maximum atomic E-state index is 6.42. The van der Waals surface area contributed by atoms with E-state index < -0.39 is 0 Å². The minimum atomic E-state index is -0.219. The van der Waals surface area contributed by atoms with Crippen molar-refractivity contribution in [2.75, 3.05) is 9.80 Å². The fourth-order valence-electron chi connectivity index (χ4n) is 8.23. The molecule has 0 radical (unpaired) electrons. The minimum Gasteiger partial charge on any atom is -0.453 e. The molecule has 4 heteroatoms. The molecule has 4 aliphatic heterocycles. The molecule has 6 aromatic rings. The number of nitrogens with zero attached hydrogens (tertiary/aromatic N) is 2. The van der Waals surface area contributed by atoms with Crippen LogP contribution < -0.4 is 19.3 Å². The zero-order chi connectivity index (χ0) is 30.9. The van der Waals surface area contributed by atoms with Gasteiger partial charge in [-0.05, 0) is 94.0 Å². The summed E-state index contributed by atoms with van der Waals surface area (Å²) < 4.78 is 12.8. The van der Waals surface area contributed by atoms with E-state index in [2.05, 4.69) is 147 Å². The van der Waals surface area contributed by atoms with Gasteiger partial charge in [-0.25, -0.2) is 0 Å². The Hall–Kier alpha value is -5.48. The van der Waals surface area contributed by atoms with Crippen LogP contribution in [0.3, 0.4) is 0 Å². The number of para-hydroxylation sites is 6. The Kier molecular flexibility index (Phi) is 4.83. The highest BCUT2D eigenvalue weighted by atomic mass is 16.5. The van der Waals surface area contributed by atoms with E-state index in [1.54, 1.807) is 0 Å². The summed E-state index contributed by atoms with van der Waals surface area (Å²) in [6, 6.07) is 43.6. The summed E-state index contributed by atoms with van der Waals surface area (Å²) in [7, 11) is 0. The van der Waals surface area contributed by atoms with Crippen molar-refractivity contribution >= 4 is 34.1 Å². The summed E-state index contributed by atoms with van der Waals surface area (Å²) >= 11 is 0. The number of anilines is 6. The van der Waals surface area contributed by atoms with Gasteiger partial charge in [0.05, 0.1) is 34.1 Å². The number of hydrogen-bond donors (Lipinski definition) is 0. The molecule has 0 amide bonds. The van der Waals surface area contributed by atoms with Crippen molar-refractivity contribution in [2.24, 2.45) is 0 Å². The molecule has 46 heavy (non-hydrogen) atoms. The summed E-state index contributed by atoms with van der Waals surface area (Å²) in [5, 5.41) is 0. The molecule has 4 nitrogen and oxygen atoms in total. The van der Waals surface area contributed by atoms with Crippen LogP contribution in [0.2, 0.25) is 0 Å². The van der Waals surface area contributed by atoms with Gasteiger partial charge in [-0.3, -0.25) is 0 Å². The number of fused-ring (bicyclic) bond motifs is 8. The van der Waals surface area contributed by atoms with Crippen LogP contribution in [0.4, 0.5) is 34.1 Å². The quantitative estimate of drug-likeness (QED) is 0.188. The van der Waals surface area contributed by atoms with E-state index in [1.807, 2.05) is 12.1 Å². The molecule has 0 spiro atoms. The minimum absolute atomic E-state index is 0.219. The first-order chi connectivity index (χ1) is 22.3. The van der Waals surface area contributed by atoms with Gasteiger partial charge in [-0.2, -0.15) is 0 Å². The van der Waals surface area contributed by atoms with Crippen LogP contribution in [0.15, 0.2) is 121 Å². The maximum absolute atomic E-state index is 6.42. The number of ether oxygens (including phenoxy) is 2. The Morgan fingerprint density at radius 3 is 1.26 bits per heavy atom. The summed E-state index contributed by atoms with van der Waals surface area (Å²) in [6.07, 6.45) is 0. The molecule has 0 saturated carbocycles. The highest BCUT2D eigenvalue weighted by Crippen LogP contribution is 2.62. The lowest BCUT2D eigenvalue weighted by Gasteiger charge is -2.45. The van der Waals surface area contributed by atoms with E-state index >= 15 is 0 Å². The highest BCUT2D eigenvalue weighted by Gasteiger charge is 2.43. The maximum Gasteiger partial charge on any atom is 0.151 e. The van der Waals surface area contributed by atoms with Gasteiger partial charge in [0.25, 0.3) is 0 Å². The van der Waals surface area contributed by atoms with Gasteiger partial charge in [-0.1, -0.05) is 88.4 Å². The molecule has 0 N–H and O–H groups in total. The standard InChI is InChI=1S/C42H32N2O2/c1-41(2)27-11-9-17-37-39(27)43(33-13-5-7-15-35(33)45-37)31-21-19-25(23-29(31)41)26-20-22-32-30(24-26)42(3,4)28-12-10-18-38-40(28)44(32)34-14-6-8-16-36(34)46-38/h5-24H,1-4H3. The van der Waals surface area contributed by atoms with Crippen LogP contribution in [0.25, 0.3) is 11.1 Å². The first-order valence-corrected chi connectivity index (χ1v) is 16.0. The van der Waals surface area contributed by atoms with Crippen LogP contribution in [0.5, 0.6) is 23.0 Å². The molecule has 0 atom stereocenters. The normalized spacial score (nSPS) is 16.4. The average molecular weight is 597 g/mol. The van der Waals surface area contributed by atoms with Crippen molar-refractivity contribution in [2.45, 2.75) is 38.5 Å². The summed E-state index contributed by atoms with van der Waals surface area (Å²) in [6.45, 7) is 9.35. The first kappa shape index (κ1) is 25.8. The van der Waals surface area contributed by atoms with Crippen molar-refractivity contribution in [1.82, 2.24) is 0 Å². The van der Waals surface area contributed by atoms with E-state index in [-0.39, 0.29) is 10.8 Å². The van der Waals surface area contributed by atoms with Gasteiger partial charge >= 0.3 is 0 Å². The molecule has 222 valence electrons. The topological polar surface area (TPSA) is 24.9 Å². The zero-order valence-electron chi connectivity index (χ0n) is 26.3. The van der Waals surface area contributed by atoms with Crippen LogP contribution in [0, 0.1) is 0 Å². The van der Waals surface area contributed by atoms with Crippen LogP contribution >= 0.6 is 0 Å². The third-order valence-electron chi connectivity index (χ3n) is 10.6. The van der Waals surface area contributed by atoms with Crippen molar-refractivity contribution in [3.8, 4) is 34.1 Å². The van der Waals surface area contributed by atoms with Gasteiger partial charge < -0.3 is 19.3 Å². The van der Waals surface area contributed by atoms with Crippen LogP contribution in [0.1, 0.15) is 49.9 Å². The van der Waals surface area contributed by atoms with Gasteiger partial charge in [0.15, 0.2) is 23.0 Å². The second kappa shape index (κ2) is 8.61. The summed E-state index contributed by atoms with van der Waals surface area (Å²) in [5.74, 6) is 3.58. The molecule has 0 fully saturated rings. The molecule has 0 bridgehead atoms. The van der Waals surface area contributed by atoms with Crippen molar-refractivity contribution in [1.29, 1.82) is 0 Å². The van der Waals surface area contributed by atoms with E-state index in [4.69, 9.17) is 9.47 Å². The lowest BCUT2D eigenvalue weighted by Crippen LogP contribution is -2.32. The van der Waals surface area contributed by atoms with Crippen molar-refractivity contribution in [3.05, 3.63) is 144 Å². The largest absolute Gasteiger partial charge is 0.453 e. The third-order valence-corrected chi connectivity index (χ3v) is 10.6. The molecule has 0 unspecified atom stereocenters. The summed E-state index contributed by atoms with van der Waals surface area (Å²) in [4.78, 5) is 4.79. The molecule has 0 aromatic heterocycles.